The number of halogens is 1. The molecule has 1 amide bonds. The van der Waals surface area contributed by atoms with E-state index in [1.54, 1.807) is 16.2 Å². The predicted octanol–water partition coefficient (Wildman–Crippen LogP) is 2.49. The number of esters is 1. The predicted molar refractivity (Wildman–Crippen MR) is 106 cm³/mol. The number of ether oxygens (including phenoxy) is 2. The van der Waals surface area contributed by atoms with Crippen molar-refractivity contribution >= 4 is 35.6 Å². The van der Waals surface area contributed by atoms with Gasteiger partial charge in [-0.1, -0.05) is 0 Å². The summed E-state index contributed by atoms with van der Waals surface area (Å²) >= 11 is 1.57. The Labute approximate surface area is 170 Å². The van der Waals surface area contributed by atoms with Crippen molar-refractivity contribution in [2.24, 2.45) is 0 Å². The van der Waals surface area contributed by atoms with Crippen molar-refractivity contribution in [3.8, 4) is 0 Å². The van der Waals surface area contributed by atoms with Crippen molar-refractivity contribution in [2.75, 3.05) is 33.4 Å². The number of hydrogen-bond acceptors (Lipinski definition) is 6. The fourth-order valence-electron chi connectivity index (χ4n) is 4.43. The highest BCUT2D eigenvalue weighted by Gasteiger charge is 2.42. The molecule has 0 aliphatic carbocycles. The van der Waals surface area contributed by atoms with Crippen LogP contribution in [0.2, 0.25) is 0 Å². The summed E-state index contributed by atoms with van der Waals surface area (Å²) < 4.78 is 11.1. The molecule has 6 nitrogen and oxygen atoms in total. The molecular weight excluding hydrogens is 388 g/mol. The smallest absolute Gasteiger partial charge is 0.328 e. The number of nitrogens with one attached hydrogen (secondary N) is 1. The number of likely N-dealkylation sites (tertiary alicyclic amines) is 1. The van der Waals surface area contributed by atoms with Gasteiger partial charge in [0, 0.05) is 11.4 Å². The number of rotatable bonds is 2. The molecule has 1 aromatic heterocycles. The van der Waals surface area contributed by atoms with Gasteiger partial charge in [0.25, 0.3) is 5.91 Å². The Kier molecular flexibility index (Phi) is 6.46. The maximum absolute atomic E-state index is 13.2. The third-order valence-corrected chi connectivity index (χ3v) is 7.18. The number of amides is 1. The first-order valence-electron chi connectivity index (χ1n) is 9.51. The fourth-order valence-corrected chi connectivity index (χ4v) is 5.79. The van der Waals surface area contributed by atoms with Crippen molar-refractivity contribution in [1.29, 1.82) is 0 Å². The third-order valence-electron chi connectivity index (χ3n) is 5.83. The molecule has 0 radical (unpaired) electrons. The number of hydrogen-bond donors (Lipinski definition) is 1. The van der Waals surface area contributed by atoms with Gasteiger partial charge >= 0.3 is 5.97 Å². The molecule has 1 spiro atoms. The number of carbonyl (C=O) groups excluding carboxylic acids is 2. The van der Waals surface area contributed by atoms with Crippen LogP contribution in [0.25, 0.3) is 0 Å². The Morgan fingerprint density at radius 1 is 1.33 bits per heavy atom. The van der Waals surface area contributed by atoms with Crippen molar-refractivity contribution in [3.05, 3.63) is 21.4 Å². The third kappa shape index (κ3) is 3.75. The molecule has 1 atom stereocenters. The Hall–Kier alpha value is -1.15. The summed E-state index contributed by atoms with van der Waals surface area (Å²) in [5.74, 6) is -0.346. The van der Waals surface area contributed by atoms with Crippen molar-refractivity contribution in [3.63, 3.8) is 0 Å². The van der Waals surface area contributed by atoms with Gasteiger partial charge in [-0.25, -0.2) is 4.79 Å². The molecule has 0 bridgehead atoms. The zero-order chi connectivity index (χ0) is 18.1. The van der Waals surface area contributed by atoms with E-state index in [1.807, 2.05) is 6.07 Å². The van der Waals surface area contributed by atoms with Crippen molar-refractivity contribution in [1.82, 2.24) is 10.2 Å². The molecule has 150 valence electrons. The molecule has 4 rings (SSSR count). The Morgan fingerprint density at radius 3 is 2.85 bits per heavy atom. The van der Waals surface area contributed by atoms with E-state index < -0.39 is 6.04 Å². The zero-order valence-corrected chi connectivity index (χ0v) is 17.3. The molecule has 2 saturated heterocycles. The highest BCUT2D eigenvalue weighted by molar-refractivity contribution is 7.14. The van der Waals surface area contributed by atoms with Crippen LogP contribution < -0.4 is 5.32 Å². The monoisotopic (exact) mass is 414 g/mol. The van der Waals surface area contributed by atoms with Gasteiger partial charge in [0.15, 0.2) is 0 Å². The average Bonchev–Trinajstić information content (AvgIpc) is 3.13. The van der Waals surface area contributed by atoms with Crippen LogP contribution in [-0.4, -0.2) is 56.2 Å². The lowest BCUT2D eigenvalue weighted by Gasteiger charge is -2.40. The summed E-state index contributed by atoms with van der Waals surface area (Å²) in [6.07, 6.45) is 5.32. The van der Waals surface area contributed by atoms with E-state index in [9.17, 15) is 9.59 Å². The summed E-state index contributed by atoms with van der Waals surface area (Å²) in [4.78, 5) is 29.0. The van der Waals surface area contributed by atoms with Crippen LogP contribution in [-0.2, 0) is 26.3 Å². The normalized spacial score (nSPS) is 24.0. The highest BCUT2D eigenvalue weighted by Crippen LogP contribution is 2.44. The van der Waals surface area contributed by atoms with Crippen molar-refractivity contribution in [2.45, 2.75) is 50.2 Å². The quantitative estimate of drug-likeness (QED) is 0.753. The van der Waals surface area contributed by atoms with E-state index in [-0.39, 0.29) is 29.9 Å². The molecule has 0 saturated carbocycles. The minimum Gasteiger partial charge on any atom is -0.467 e. The van der Waals surface area contributed by atoms with Crippen LogP contribution in [0.5, 0.6) is 0 Å². The van der Waals surface area contributed by atoms with Gasteiger partial charge in [-0.15, -0.1) is 23.7 Å². The van der Waals surface area contributed by atoms with E-state index in [4.69, 9.17) is 9.47 Å². The minimum atomic E-state index is -0.454. The number of thiophene rings is 1. The molecule has 0 aromatic carbocycles. The fraction of sp³-hybridized carbons (Fsp3) is 0.684. The molecular formula is C19H27ClN2O4S. The van der Waals surface area contributed by atoms with Gasteiger partial charge in [-0.3, -0.25) is 4.79 Å². The van der Waals surface area contributed by atoms with E-state index in [1.165, 1.54) is 17.6 Å². The number of nitrogens with zero attached hydrogens (tertiary/aromatic N) is 1. The van der Waals surface area contributed by atoms with Gasteiger partial charge in [0.2, 0.25) is 0 Å². The molecule has 1 unspecified atom stereocenters. The SMILES string of the molecule is COC(=O)C1CCCCN1C(=O)c1cc2c(s1)C1(CCNCC1)OCC2.Cl. The standard InChI is InChI=1S/C19H26N2O4S.ClH/c1-24-18(23)14-4-2-3-10-21(14)17(22)15-12-13-5-11-25-19(16(13)26-15)6-8-20-9-7-19;/h12,14,20H,2-11H2,1H3;1H. The lowest BCUT2D eigenvalue weighted by atomic mass is 9.86. The Morgan fingerprint density at radius 2 is 2.11 bits per heavy atom. The molecule has 1 aromatic rings. The van der Waals surface area contributed by atoms with Gasteiger partial charge in [-0.05, 0) is 63.2 Å². The summed E-state index contributed by atoms with van der Waals surface area (Å²) in [5, 5.41) is 3.39. The molecule has 2 fully saturated rings. The first kappa shape index (κ1) is 20.6. The number of carbonyl (C=O) groups is 2. The van der Waals surface area contributed by atoms with Crippen LogP contribution >= 0.6 is 23.7 Å². The van der Waals surface area contributed by atoms with Crippen LogP contribution in [0.3, 0.4) is 0 Å². The van der Waals surface area contributed by atoms with E-state index in [0.29, 0.717) is 19.6 Å². The van der Waals surface area contributed by atoms with Gasteiger partial charge in [-0.2, -0.15) is 0 Å². The second-order valence-corrected chi connectivity index (χ2v) is 8.39. The number of fused-ring (bicyclic) bond motifs is 2. The highest BCUT2D eigenvalue weighted by atomic mass is 35.5. The zero-order valence-electron chi connectivity index (χ0n) is 15.6. The summed E-state index contributed by atoms with van der Waals surface area (Å²) in [6, 6.07) is 1.59. The Bertz CT molecular complexity index is 702. The topological polar surface area (TPSA) is 67.9 Å². The van der Waals surface area contributed by atoms with E-state index in [2.05, 4.69) is 5.32 Å². The number of methoxy groups -OCH3 is 1. The molecule has 3 aliphatic heterocycles. The molecule has 8 heteroatoms. The van der Waals surface area contributed by atoms with Crippen LogP contribution in [0, 0.1) is 0 Å². The maximum Gasteiger partial charge on any atom is 0.328 e. The van der Waals surface area contributed by atoms with Gasteiger partial charge in [0.05, 0.1) is 18.6 Å². The van der Waals surface area contributed by atoms with Gasteiger partial charge < -0.3 is 19.7 Å². The molecule has 27 heavy (non-hydrogen) atoms. The second kappa shape index (κ2) is 8.47. The molecule has 3 aliphatic rings. The van der Waals surface area contributed by atoms with Crippen LogP contribution in [0.1, 0.15) is 52.2 Å². The van der Waals surface area contributed by atoms with Crippen LogP contribution in [0.15, 0.2) is 6.07 Å². The van der Waals surface area contributed by atoms with E-state index in [0.717, 1.165) is 50.1 Å². The summed E-state index contributed by atoms with van der Waals surface area (Å²) in [7, 11) is 1.39. The summed E-state index contributed by atoms with van der Waals surface area (Å²) in [6.45, 7) is 3.22. The molecule has 1 N–H and O–H groups in total. The van der Waals surface area contributed by atoms with Crippen LogP contribution in [0.4, 0.5) is 0 Å². The maximum atomic E-state index is 13.2. The van der Waals surface area contributed by atoms with E-state index >= 15 is 0 Å². The number of piperidine rings is 2. The average molecular weight is 415 g/mol. The molecule has 4 heterocycles. The Balaban J connectivity index is 0.00000210. The second-order valence-electron chi connectivity index (χ2n) is 7.34. The van der Waals surface area contributed by atoms with Crippen molar-refractivity contribution < 1.29 is 19.1 Å². The first-order chi connectivity index (χ1) is 12.6. The lowest BCUT2D eigenvalue weighted by molar-refractivity contribution is -0.147. The minimum absolute atomic E-state index is 0. The lowest BCUT2D eigenvalue weighted by Crippen LogP contribution is -2.48. The largest absolute Gasteiger partial charge is 0.467 e. The van der Waals surface area contributed by atoms with Gasteiger partial charge in [0.1, 0.15) is 11.6 Å². The summed E-state index contributed by atoms with van der Waals surface area (Å²) in [5.41, 5.74) is 1.02. The first-order valence-corrected chi connectivity index (χ1v) is 10.3.